The molecule has 0 fully saturated rings. The molecule has 0 aromatic carbocycles. The molecule has 0 spiro atoms. The molecule has 2 N–H and O–H groups in total. The standard InChI is InChI=1S/C4H2N6O5/c11-3-1(6-14-8-3)5-10(13)2-4(12)9-15-7-2/h(H,8,11)(H,9,12). The first-order valence-corrected chi connectivity index (χ1v) is 3.46. The third-order valence-electron chi connectivity index (χ3n) is 1.31. The number of nitrogens with one attached hydrogen (secondary N) is 2. The minimum Gasteiger partial charge on any atom is -0.690 e. The van der Waals surface area contributed by atoms with Gasteiger partial charge in [0.15, 0.2) is 5.16 Å². The molecule has 78 valence electrons. The Labute approximate surface area is 78.5 Å². The Morgan fingerprint density at radius 3 is 2.40 bits per heavy atom. The lowest BCUT2D eigenvalue weighted by atomic mass is 10.7. The van der Waals surface area contributed by atoms with E-state index in [1.54, 1.807) is 10.3 Å². The zero-order valence-electron chi connectivity index (χ0n) is 6.83. The Morgan fingerprint density at radius 2 is 1.87 bits per heavy atom. The lowest BCUT2D eigenvalue weighted by Gasteiger charge is -1.94. The van der Waals surface area contributed by atoms with Gasteiger partial charge in [-0.25, -0.2) is 0 Å². The Balaban J connectivity index is 2.46. The summed E-state index contributed by atoms with van der Waals surface area (Å²) in [5.41, 5.74) is -1.69. The van der Waals surface area contributed by atoms with Crippen LogP contribution in [0, 0.1) is 5.21 Å². The summed E-state index contributed by atoms with van der Waals surface area (Å²) in [7, 11) is 0. The summed E-state index contributed by atoms with van der Waals surface area (Å²) in [6.45, 7) is 0. The maximum atomic E-state index is 11.1. The zero-order chi connectivity index (χ0) is 10.8. The summed E-state index contributed by atoms with van der Waals surface area (Å²) < 4.78 is 8.21. The maximum Gasteiger partial charge on any atom is 0.464 e. The highest BCUT2D eigenvalue weighted by Crippen LogP contribution is 2.03. The van der Waals surface area contributed by atoms with Crippen LogP contribution in [0.25, 0.3) is 0 Å². The fraction of sp³-hybridized carbons (Fsp3) is 0. The number of azo groups is 1. The molecule has 0 unspecified atom stereocenters. The summed E-state index contributed by atoms with van der Waals surface area (Å²) >= 11 is 0. The van der Waals surface area contributed by atoms with E-state index in [0.29, 0.717) is 0 Å². The number of aromatic nitrogens is 4. The molecule has 0 aliphatic carbocycles. The predicted molar refractivity (Wildman–Crippen MR) is 39.6 cm³/mol. The van der Waals surface area contributed by atoms with Crippen molar-refractivity contribution in [1.82, 2.24) is 20.6 Å². The van der Waals surface area contributed by atoms with Crippen LogP contribution in [-0.2, 0) is 0 Å². The van der Waals surface area contributed by atoms with E-state index in [0.717, 1.165) is 0 Å². The SMILES string of the molecule is O=c1[nH]onc1N=[N+]([O-])c1no[nH]c1=O. The molecule has 15 heavy (non-hydrogen) atoms. The molecule has 0 bridgehead atoms. The minimum atomic E-state index is -0.881. The van der Waals surface area contributed by atoms with Gasteiger partial charge in [-0.15, -0.1) is 10.0 Å². The highest BCUT2D eigenvalue weighted by atomic mass is 16.6. The molecule has 0 atom stereocenters. The van der Waals surface area contributed by atoms with Crippen molar-refractivity contribution in [3.63, 3.8) is 0 Å². The average Bonchev–Trinajstić information content (AvgIpc) is 2.76. The zero-order valence-corrected chi connectivity index (χ0v) is 6.83. The van der Waals surface area contributed by atoms with Gasteiger partial charge in [-0.3, -0.25) is 14.2 Å². The van der Waals surface area contributed by atoms with Crippen LogP contribution in [0.1, 0.15) is 0 Å². The van der Waals surface area contributed by atoms with Crippen molar-refractivity contribution in [2.75, 3.05) is 0 Å². The lowest BCUT2D eigenvalue weighted by molar-refractivity contribution is -0.442. The lowest BCUT2D eigenvalue weighted by Crippen LogP contribution is -2.07. The minimum absolute atomic E-state index is 0.213. The molecule has 2 aromatic heterocycles. The molecule has 0 amide bonds. The molecule has 2 heterocycles. The number of rotatable bonds is 2. The second kappa shape index (κ2) is 3.21. The number of H-pyrrole nitrogens is 2. The van der Waals surface area contributed by atoms with Gasteiger partial charge in [-0.05, 0) is 10.3 Å². The second-order valence-electron chi connectivity index (χ2n) is 2.25. The van der Waals surface area contributed by atoms with E-state index < -0.39 is 22.8 Å². The van der Waals surface area contributed by atoms with Crippen LogP contribution in [0.3, 0.4) is 0 Å². The van der Waals surface area contributed by atoms with Crippen LogP contribution in [-0.4, -0.2) is 25.5 Å². The molecule has 2 aromatic rings. The van der Waals surface area contributed by atoms with Gasteiger partial charge >= 0.3 is 22.8 Å². The van der Waals surface area contributed by atoms with Crippen LogP contribution in [0.2, 0.25) is 0 Å². The summed E-state index contributed by atoms with van der Waals surface area (Å²) in [5.74, 6) is -1.19. The number of hydrogen-bond acceptors (Lipinski definition) is 8. The second-order valence-corrected chi connectivity index (χ2v) is 2.25. The van der Waals surface area contributed by atoms with Crippen LogP contribution in [0.5, 0.6) is 0 Å². The topological polar surface area (TPSA) is 156 Å². The van der Waals surface area contributed by atoms with Crippen molar-refractivity contribution in [1.29, 1.82) is 0 Å². The molecular weight excluding hydrogens is 212 g/mol. The van der Waals surface area contributed by atoms with E-state index in [9.17, 15) is 14.8 Å². The van der Waals surface area contributed by atoms with Gasteiger partial charge in [0.25, 0.3) is 0 Å². The van der Waals surface area contributed by atoms with E-state index in [1.807, 2.05) is 0 Å². The molecular formula is C4H2N6O5. The van der Waals surface area contributed by atoms with Crippen LogP contribution >= 0.6 is 0 Å². The van der Waals surface area contributed by atoms with Crippen molar-refractivity contribution >= 4 is 11.6 Å². The fourth-order valence-corrected chi connectivity index (χ4v) is 0.708. The molecule has 0 aliphatic heterocycles. The number of nitrogens with zero attached hydrogens (tertiary/aromatic N) is 4. The Bertz CT molecular complexity index is 599. The highest BCUT2D eigenvalue weighted by molar-refractivity contribution is 5.17. The van der Waals surface area contributed by atoms with Gasteiger partial charge in [-0.1, -0.05) is 0 Å². The summed E-state index contributed by atoms with van der Waals surface area (Å²) in [4.78, 5) is 21.4. The van der Waals surface area contributed by atoms with E-state index in [4.69, 9.17) is 0 Å². The normalized spacial score (nSPS) is 11.9. The summed E-state index contributed by atoms with van der Waals surface area (Å²) in [6, 6.07) is 0. The quantitative estimate of drug-likeness (QED) is 0.367. The van der Waals surface area contributed by atoms with Crippen molar-refractivity contribution in [3.05, 3.63) is 25.9 Å². The summed E-state index contributed by atoms with van der Waals surface area (Å²) in [5, 5.41) is 23.9. The maximum absolute atomic E-state index is 11.1. The predicted octanol–water partition coefficient (Wildman–Crippen LogP) is -1.04. The van der Waals surface area contributed by atoms with E-state index >= 15 is 0 Å². The molecule has 0 saturated heterocycles. The van der Waals surface area contributed by atoms with Gasteiger partial charge in [0.2, 0.25) is 0 Å². The first-order chi connectivity index (χ1) is 7.18. The van der Waals surface area contributed by atoms with Crippen LogP contribution in [0.15, 0.2) is 24.0 Å². The third-order valence-corrected chi connectivity index (χ3v) is 1.31. The van der Waals surface area contributed by atoms with E-state index in [-0.39, 0.29) is 4.86 Å². The van der Waals surface area contributed by atoms with Crippen molar-refractivity contribution < 1.29 is 14.1 Å². The third kappa shape index (κ3) is 1.52. The smallest absolute Gasteiger partial charge is 0.464 e. The van der Waals surface area contributed by atoms with Gasteiger partial charge in [0.05, 0.1) is 0 Å². The van der Waals surface area contributed by atoms with E-state index in [1.165, 1.54) is 0 Å². The Morgan fingerprint density at radius 1 is 1.20 bits per heavy atom. The molecule has 11 nitrogen and oxygen atoms in total. The van der Waals surface area contributed by atoms with Gasteiger partial charge in [-0.2, -0.15) is 9.79 Å². The average molecular weight is 214 g/mol. The van der Waals surface area contributed by atoms with Crippen LogP contribution in [0.4, 0.5) is 11.6 Å². The van der Waals surface area contributed by atoms with Crippen molar-refractivity contribution in [2.24, 2.45) is 5.11 Å². The largest absolute Gasteiger partial charge is 0.690 e. The first-order valence-electron chi connectivity index (χ1n) is 3.46. The molecule has 11 heteroatoms. The van der Waals surface area contributed by atoms with E-state index in [2.05, 4.69) is 24.7 Å². The molecule has 0 saturated carbocycles. The van der Waals surface area contributed by atoms with Gasteiger partial charge in [0, 0.05) is 0 Å². The van der Waals surface area contributed by atoms with Crippen molar-refractivity contribution in [3.8, 4) is 0 Å². The van der Waals surface area contributed by atoms with Gasteiger partial charge in [0.1, 0.15) is 0 Å². The summed E-state index contributed by atoms with van der Waals surface area (Å²) in [6.07, 6.45) is 0. The molecule has 0 aliphatic rings. The number of hydrogen-bond donors (Lipinski definition) is 2. The van der Waals surface area contributed by atoms with Gasteiger partial charge < -0.3 is 5.21 Å². The Kier molecular flexibility index (Phi) is 1.89. The van der Waals surface area contributed by atoms with Crippen LogP contribution < -0.4 is 11.1 Å². The molecule has 0 radical (unpaired) electrons. The number of aromatic amines is 2. The molecule has 2 rings (SSSR count). The first kappa shape index (κ1) is 8.86. The highest BCUT2D eigenvalue weighted by Gasteiger charge is 2.17. The van der Waals surface area contributed by atoms with Crippen molar-refractivity contribution in [2.45, 2.75) is 0 Å². The Hall–Kier alpha value is -2.72. The monoisotopic (exact) mass is 214 g/mol. The fourth-order valence-electron chi connectivity index (χ4n) is 0.708.